The van der Waals surface area contributed by atoms with E-state index in [0.717, 1.165) is 24.3 Å². The molecule has 1 saturated carbocycles. The third-order valence-corrected chi connectivity index (χ3v) is 5.25. The van der Waals surface area contributed by atoms with Crippen LogP contribution >= 0.6 is 0 Å². The fourth-order valence-electron chi connectivity index (χ4n) is 4.62. The minimum absolute atomic E-state index is 0.259. The van der Waals surface area contributed by atoms with Crippen molar-refractivity contribution in [3.05, 3.63) is 0 Å². The lowest BCUT2D eigenvalue weighted by Crippen LogP contribution is -2.62. The molecule has 0 radical (unpaired) electrons. The Labute approximate surface area is 106 Å². The highest BCUT2D eigenvalue weighted by Crippen LogP contribution is 2.46. The van der Waals surface area contributed by atoms with E-state index in [1.54, 1.807) is 0 Å². The maximum atomic E-state index is 9.35. The normalized spacial score (nSPS) is 42.2. The summed E-state index contributed by atoms with van der Waals surface area (Å²) in [5.41, 5.74) is 0.259. The van der Waals surface area contributed by atoms with E-state index in [1.807, 2.05) is 0 Å². The van der Waals surface area contributed by atoms with Crippen LogP contribution in [0, 0.1) is 17.8 Å². The van der Waals surface area contributed by atoms with Gasteiger partial charge in [-0.2, -0.15) is 0 Å². The van der Waals surface area contributed by atoms with Gasteiger partial charge in [0.05, 0.1) is 6.61 Å². The van der Waals surface area contributed by atoms with Crippen molar-refractivity contribution < 1.29 is 5.11 Å². The molecule has 1 N–H and O–H groups in total. The first-order valence-corrected chi connectivity index (χ1v) is 7.35. The summed E-state index contributed by atoms with van der Waals surface area (Å²) in [6.45, 7) is 10.7. The molecule has 0 amide bonds. The average molecular weight is 239 g/mol. The molecule has 17 heavy (non-hydrogen) atoms. The minimum Gasteiger partial charge on any atom is -0.395 e. The van der Waals surface area contributed by atoms with Gasteiger partial charge in [-0.15, -0.1) is 0 Å². The molecule has 1 aliphatic heterocycles. The van der Waals surface area contributed by atoms with Crippen LogP contribution in [0.5, 0.6) is 0 Å². The van der Waals surface area contributed by atoms with Crippen LogP contribution in [-0.4, -0.2) is 34.7 Å². The topological polar surface area (TPSA) is 23.5 Å². The molecule has 2 heteroatoms. The van der Waals surface area contributed by atoms with Crippen molar-refractivity contribution in [2.24, 2.45) is 17.8 Å². The van der Waals surface area contributed by atoms with Gasteiger partial charge < -0.3 is 5.11 Å². The van der Waals surface area contributed by atoms with E-state index in [2.05, 4.69) is 32.6 Å². The van der Waals surface area contributed by atoms with Crippen LogP contribution in [-0.2, 0) is 0 Å². The first kappa shape index (κ1) is 13.4. The molecule has 4 unspecified atom stereocenters. The lowest BCUT2D eigenvalue weighted by Gasteiger charge is -2.57. The third-order valence-electron chi connectivity index (χ3n) is 5.25. The molecule has 2 fully saturated rings. The van der Waals surface area contributed by atoms with Gasteiger partial charge in [-0.05, 0) is 50.9 Å². The highest BCUT2D eigenvalue weighted by atomic mass is 16.3. The summed E-state index contributed by atoms with van der Waals surface area (Å²) >= 11 is 0. The van der Waals surface area contributed by atoms with Crippen LogP contribution in [0.4, 0.5) is 0 Å². The summed E-state index contributed by atoms with van der Waals surface area (Å²) in [5.74, 6) is 2.49. The van der Waals surface area contributed by atoms with Gasteiger partial charge in [-0.25, -0.2) is 0 Å². The fourth-order valence-corrected chi connectivity index (χ4v) is 4.62. The molecule has 0 aromatic rings. The van der Waals surface area contributed by atoms with E-state index in [4.69, 9.17) is 0 Å². The number of piperidine rings is 1. The second kappa shape index (κ2) is 4.89. The van der Waals surface area contributed by atoms with Gasteiger partial charge in [0.2, 0.25) is 0 Å². The van der Waals surface area contributed by atoms with Crippen molar-refractivity contribution in [2.45, 2.75) is 65.0 Å². The number of nitrogens with zero attached hydrogens (tertiary/aromatic N) is 1. The third kappa shape index (κ3) is 2.39. The van der Waals surface area contributed by atoms with E-state index in [9.17, 15) is 5.11 Å². The molecule has 0 bridgehead atoms. The van der Waals surface area contributed by atoms with E-state index in [0.29, 0.717) is 12.6 Å². The second-order valence-electron chi connectivity index (χ2n) is 6.97. The molecule has 0 aromatic heterocycles. The number of aliphatic hydroxyl groups excluding tert-OH is 1. The first-order chi connectivity index (χ1) is 7.97. The Hall–Kier alpha value is -0.0800. The summed E-state index contributed by atoms with van der Waals surface area (Å²) in [4.78, 5) is 2.61. The summed E-state index contributed by atoms with van der Waals surface area (Å²) in [6.07, 6.45) is 5.45. The van der Waals surface area contributed by atoms with Crippen molar-refractivity contribution in [1.29, 1.82) is 0 Å². The summed E-state index contributed by atoms with van der Waals surface area (Å²) in [6, 6.07) is 0.703. The van der Waals surface area contributed by atoms with Crippen molar-refractivity contribution in [1.82, 2.24) is 4.90 Å². The molecule has 4 atom stereocenters. The first-order valence-electron chi connectivity index (χ1n) is 7.35. The van der Waals surface area contributed by atoms with Crippen LogP contribution in [0.2, 0.25) is 0 Å². The van der Waals surface area contributed by atoms with E-state index in [-0.39, 0.29) is 5.54 Å². The minimum atomic E-state index is 0.259. The Morgan fingerprint density at radius 3 is 2.53 bits per heavy atom. The van der Waals surface area contributed by atoms with Crippen molar-refractivity contribution in [3.63, 3.8) is 0 Å². The van der Waals surface area contributed by atoms with Crippen LogP contribution in [0.1, 0.15) is 53.4 Å². The quantitative estimate of drug-likeness (QED) is 0.801. The number of likely N-dealkylation sites (tertiary alicyclic amines) is 1. The highest BCUT2D eigenvalue weighted by molar-refractivity contribution is 5.01. The molecule has 1 aliphatic carbocycles. The van der Waals surface area contributed by atoms with E-state index < -0.39 is 0 Å². The Morgan fingerprint density at radius 2 is 1.88 bits per heavy atom. The van der Waals surface area contributed by atoms with E-state index in [1.165, 1.54) is 25.7 Å². The van der Waals surface area contributed by atoms with Crippen LogP contribution in [0.25, 0.3) is 0 Å². The fraction of sp³-hybridized carbons (Fsp3) is 1.00. The standard InChI is InChI=1S/C15H29NO/c1-11-6-5-7-13-12(2)10-15(3,4)16(8-9-17)14(11)13/h11-14,17H,5-10H2,1-4H3. The summed E-state index contributed by atoms with van der Waals surface area (Å²) in [7, 11) is 0. The van der Waals surface area contributed by atoms with Crippen LogP contribution in [0.15, 0.2) is 0 Å². The largest absolute Gasteiger partial charge is 0.395 e. The van der Waals surface area contributed by atoms with Gasteiger partial charge in [0.25, 0.3) is 0 Å². The number of rotatable bonds is 2. The Bertz CT molecular complexity index is 264. The number of aliphatic hydroxyl groups is 1. The van der Waals surface area contributed by atoms with E-state index >= 15 is 0 Å². The maximum Gasteiger partial charge on any atom is 0.0558 e. The zero-order chi connectivity index (χ0) is 12.6. The number of hydrogen-bond acceptors (Lipinski definition) is 2. The Morgan fingerprint density at radius 1 is 1.18 bits per heavy atom. The van der Waals surface area contributed by atoms with Gasteiger partial charge >= 0.3 is 0 Å². The molecule has 1 saturated heterocycles. The smallest absolute Gasteiger partial charge is 0.0558 e. The molecule has 100 valence electrons. The van der Waals surface area contributed by atoms with Gasteiger partial charge in [0.15, 0.2) is 0 Å². The van der Waals surface area contributed by atoms with Crippen molar-refractivity contribution in [3.8, 4) is 0 Å². The molecule has 0 aromatic carbocycles. The predicted molar refractivity (Wildman–Crippen MR) is 71.9 cm³/mol. The Balaban J connectivity index is 2.25. The molecule has 2 aliphatic rings. The predicted octanol–water partition coefficient (Wildman–Crippen LogP) is 2.90. The van der Waals surface area contributed by atoms with Crippen molar-refractivity contribution in [2.75, 3.05) is 13.2 Å². The summed E-state index contributed by atoms with van der Waals surface area (Å²) < 4.78 is 0. The second-order valence-corrected chi connectivity index (χ2v) is 6.97. The lowest BCUT2D eigenvalue weighted by molar-refractivity contribution is -0.0851. The summed E-state index contributed by atoms with van der Waals surface area (Å²) in [5, 5.41) is 9.35. The van der Waals surface area contributed by atoms with Crippen LogP contribution < -0.4 is 0 Å². The van der Waals surface area contributed by atoms with Gasteiger partial charge in [-0.3, -0.25) is 4.90 Å². The maximum absolute atomic E-state index is 9.35. The highest BCUT2D eigenvalue weighted by Gasteiger charge is 2.47. The zero-order valence-corrected chi connectivity index (χ0v) is 11.9. The zero-order valence-electron chi connectivity index (χ0n) is 11.9. The van der Waals surface area contributed by atoms with Gasteiger partial charge in [-0.1, -0.05) is 20.3 Å². The molecule has 2 nitrogen and oxygen atoms in total. The lowest BCUT2D eigenvalue weighted by atomic mass is 9.64. The molecule has 1 heterocycles. The molecular weight excluding hydrogens is 210 g/mol. The van der Waals surface area contributed by atoms with Crippen molar-refractivity contribution >= 4 is 0 Å². The average Bonchev–Trinajstić information content (AvgIpc) is 2.24. The number of hydrogen-bond donors (Lipinski definition) is 1. The molecule has 2 rings (SSSR count). The van der Waals surface area contributed by atoms with Crippen LogP contribution in [0.3, 0.4) is 0 Å². The number of fused-ring (bicyclic) bond motifs is 1. The molecular formula is C15H29NO. The molecule has 0 spiro atoms. The van der Waals surface area contributed by atoms with Gasteiger partial charge in [0.1, 0.15) is 0 Å². The monoisotopic (exact) mass is 239 g/mol. The Kier molecular flexibility index (Phi) is 3.84. The van der Waals surface area contributed by atoms with Gasteiger partial charge in [0, 0.05) is 18.1 Å². The SMILES string of the molecule is CC1CC(C)(C)N(CCO)C2C(C)CCCC12. The number of β-amino-alcohol motifs (C(OH)–C–C–N with tert-alkyl or cyclic N) is 1.